The summed E-state index contributed by atoms with van der Waals surface area (Å²) in [5, 5.41) is 0.744. The van der Waals surface area contributed by atoms with Crippen LogP contribution in [0.4, 0.5) is 10.1 Å². The first-order valence-electron chi connectivity index (χ1n) is 8.93. The van der Waals surface area contributed by atoms with E-state index in [0.717, 1.165) is 10.9 Å². The molecule has 0 aliphatic rings. The molecule has 0 fully saturated rings. The Hall–Kier alpha value is -3.19. The fourth-order valence-corrected chi connectivity index (χ4v) is 3.18. The molecule has 0 bridgehead atoms. The number of rotatable bonds is 7. The molecule has 146 valence electrons. The van der Waals surface area contributed by atoms with Crippen LogP contribution in [0.3, 0.4) is 0 Å². The average molecular weight is 454 g/mol. The van der Waals surface area contributed by atoms with Crippen LogP contribution in [0, 0.1) is 5.82 Å². The van der Waals surface area contributed by atoms with E-state index in [1.165, 1.54) is 16.3 Å². The number of hydrogen-bond donors (Lipinski definition) is 0. The van der Waals surface area contributed by atoms with Crippen LogP contribution in [-0.2, 0) is 6.61 Å². The molecule has 4 rings (SSSR count). The third-order valence-corrected chi connectivity index (χ3v) is 4.84. The van der Waals surface area contributed by atoms with E-state index in [9.17, 15) is 4.39 Å². The van der Waals surface area contributed by atoms with Gasteiger partial charge in [-0.2, -0.15) is 0 Å². The maximum atomic E-state index is 13.9. The molecule has 0 unspecified atom stereocenters. The quantitative estimate of drug-likeness (QED) is 0.273. The Morgan fingerprint density at radius 1 is 0.897 bits per heavy atom. The van der Waals surface area contributed by atoms with Crippen LogP contribution >= 0.6 is 16.1 Å². The topological polar surface area (TPSA) is 47.5 Å². The summed E-state index contributed by atoms with van der Waals surface area (Å²) in [5.74, 6) is 0.769. The van der Waals surface area contributed by atoms with Crippen molar-refractivity contribution in [1.29, 1.82) is 0 Å². The summed E-state index contributed by atoms with van der Waals surface area (Å²) >= 11 is 3.32. The molecule has 0 saturated carbocycles. The Balaban J connectivity index is 1.47. The summed E-state index contributed by atoms with van der Waals surface area (Å²) in [6, 6.07) is 21.9. The van der Waals surface area contributed by atoms with Crippen LogP contribution < -0.4 is 13.4 Å². The first kappa shape index (κ1) is 19.1. The summed E-state index contributed by atoms with van der Waals surface area (Å²) in [7, 11) is 0. The SMILES string of the molecule is Fc1ccccc1N(Br)COc1ncnc2cc(OCc3ccccc3)ccc12. The Labute approximate surface area is 176 Å². The number of anilines is 1. The lowest BCUT2D eigenvalue weighted by Gasteiger charge is -2.17. The molecule has 0 aliphatic carbocycles. The first-order valence-corrected chi connectivity index (χ1v) is 9.64. The first-order chi connectivity index (χ1) is 14.2. The van der Waals surface area contributed by atoms with E-state index in [0.29, 0.717) is 29.4 Å². The predicted molar refractivity (Wildman–Crippen MR) is 114 cm³/mol. The number of benzene rings is 3. The summed E-state index contributed by atoms with van der Waals surface area (Å²) in [6.45, 7) is 0.543. The molecule has 0 N–H and O–H groups in total. The van der Waals surface area contributed by atoms with E-state index in [1.807, 2.05) is 48.5 Å². The van der Waals surface area contributed by atoms with Gasteiger partial charge < -0.3 is 9.47 Å². The van der Waals surface area contributed by atoms with E-state index >= 15 is 0 Å². The van der Waals surface area contributed by atoms with E-state index in [4.69, 9.17) is 9.47 Å². The van der Waals surface area contributed by atoms with Crippen LogP contribution in [0.2, 0.25) is 0 Å². The smallest absolute Gasteiger partial charge is 0.226 e. The molecular formula is C22H17BrFN3O2. The molecule has 1 heterocycles. The minimum absolute atomic E-state index is 0.0688. The van der Waals surface area contributed by atoms with Gasteiger partial charge in [-0.3, -0.25) is 3.93 Å². The number of aromatic nitrogens is 2. The zero-order valence-corrected chi connectivity index (χ0v) is 16.9. The van der Waals surface area contributed by atoms with Gasteiger partial charge in [-0.05, 0) is 29.8 Å². The van der Waals surface area contributed by atoms with Gasteiger partial charge in [0.1, 0.15) is 24.5 Å². The van der Waals surface area contributed by atoms with Crippen molar-refractivity contribution in [2.24, 2.45) is 0 Å². The van der Waals surface area contributed by atoms with Gasteiger partial charge >= 0.3 is 0 Å². The highest BCUT2D eigenvalue weighted by Crippen LogP contribution is 2.27. The maximum absolute atomic E-state index is 13.9. The molecule has 1 aromatic heterocycles. The minimum atomic E-state index is -0.347. The van der Waals surface area contributed by atoms with Crippen molar-refractivity contribution in [2.75, 3.05) is 10.7 Å². The van der Waals surface area contributed by atoms with Gasteiger partial charge in [0.2, 0.25) is 5.88 Å². The molecule has 0 amide bonds. The van der Waals surface area contributed by atoms with Crippen molar-refractivity contribution in [1.82, 2.24) is 9.97 Å². The highest BCUT2D eigenvalue weighted by Gasteiger charge is 2.11. The Bertz CT molecular complexity index is 1110. The molecule has 0 saturated heterocycles. The van der Waals surface area contributed by atoms with Crippen LogP contribution in [-0.4, -0.2) is 16.7 Å². The van der Waals surface area contributed by atoms with Gasteiger partial charge in [0.15, 0.2) is 6.73 Å². The second-order valence-corrected chi connectivity index (χ2v) is 7.08. The van der Waals surface area contributed by atoms with Gasteiger partial charge in [0.25, 0.3) is 0 Å². The van der Waals surface area contributed by atoms with Crippen molar-refractivity contribution < 1.29 is 13.9 Å². The third-order valence-electron chi connectivity index (χ3n) is 4.25. The second kappa shape index (κ2) is 8.87. The summed E-state index contributed by atoms with van der Waals surface area (Å²) in [5.41, 5.74) is 2.17. The molecule has 3 aromatic carbocycles. The largest absolute Gasteiger partial charge is 0.489 e. The Morgan fingerprint density at radius 2 is 1.69 bits per heavy atom. The second-order valence-electron chi connectivity index (χ2n) is 6.22. The van der Waals surface area contributed by atoms with E-state index in [1.54, 1.807) is 18.2 Å². The number of nitrogens with zero attached hydrogens (tertiary/aromatic N) is 3. The fraction of sp³-hybridized carbons (Fsp3) is 0.0909. The summed E-state index contributed by atoms with van der Waals surface area (Å²) in [4.78, 5) is 8.50. The molecule has 4 aromatic rings. The highest BCUT2D eigenvalue weighted by molar-refractivity contribution is 9.10. The van der Waals surface area contributed by atoms with Crippen LogP contribution in [0.5, 0.6) is 11.6 Å². The van der Waals surface area contributed by atoms with Crippen LogP contribution in [0.15, 0.2) is 79.1 Å². The van der Waals surface area contributed by atoms with E-state index in [-0.39, 0.29) is 12.5 Å². The molecular weight excluding hydrogens is 437 g/mol. The molecule has 7 heteroatoms. The maximum Gasteiger partial charge on any atom is 0.226 e. The van der Waals surface area contributed by atoms with Gasteiger partial charge in [-0.15, -0.1) is 0 Å². The number of para-hydroxylation sites is 1. The van der Waals surface area contributed by atoms with E-state index < -0.39 is 0 Å². The third kappa shape index (κ3) is 4.63. The lowest BCUT2D eigenvalue weighted by atomic mass is 10.2. The zero-order chi connectivity index (χ0) is 20.1. The molecule has 0 spiro atoms. The van der Waals surface area contributed by atoms with Crippen molar-refractivity contribution >= 4 is 32.7 Å². The van der Waals surface area contributed by atoms with Gasteiger partial charge in [-0.25, -0.2) is 14.4 Å². The Kier molecular flexibility index (Phi) is 5.86. The number of ether oxygens (including phenoxy) is 2. The molecule has 5 nitrogen and oxygen atoms in total. The van der Waals surface area contributed by atoms with Gasteiger partial charge in [0.05, 0.1) is 32.7 Å². The van der Waals surface area contributed by atoms with Gasteiger partial charge in [-0.1, -0.05) is 42.5 Å². The van der Waals surface area contributed by atoms with Gasteiger partial charge in [0, 0.05) is 6.07 Å². The van der Waals surface area contributed by atoms with Crippen LogP contribution in [0.1, 0.15) is 5.56 Å². The van der Waals surface area contributed by atoms with Crippen molar-refractivity contribution in [3.05, 3.63) is 90.5 Å². The lowest BCUT2D eigenvalue weighted by Crippen LogP contribution is -2.18. The van der Waals surface area contributed by atoms with Crippen LogP contribution in [0.25, 0.3) is 10.9 Å². The standard InChI is InChI=1S/C22H17BrFN3O2/c23-27(21-9-5-4-8-19(21)24)15-29-22-18-11-10-17(12-20(18)25-14-26-22)28-13-16-6-2-1-3-7-16/h1-12,14H,13,15H2. The minimum Gasteiger partial charge on any atom is -0.489 e. The zero-order valence-electron chi connectivity index (χ0n) is 15.3. The molecule has 0 atom stereocenters. The molecule has 0 radical (unpaired) electrons. The number of halogens is 2. The highest BCUT2D eigenvalue weighted by atomic mass is 79.9. The van der Waals surface area contributed by atoms with Crippen molar-refractivity contribution in [3.63, 3.8) is 0 Å². The molecule has 29 heavy (non-hydrogen) atoms. The predicted octanol–water partition coefficient (Wildman–Crippen LogP) is 5.50. The average Bonchev–Trinajstić information content (AvgIpc) is 2.77. The van der Waals surface area contributed by atoms with E-state index in [2.05, 4.69) is 26.1 Å². The molecule has 0 aliphatic heterocycles. The number of hydrogen-bond acceptors (Lipinski definition) is 5. The lowest BCUT2D eigenvalue weighted by molar-refractivity contribution is 0.306. The normalized spacial score (nSPS) is 10.7. The van der Waals surface area contributed by atoms with Crippen molar-refractivity contribution in [2.45, 2.75) is 6.61 Å². The number of fused-ring (bicyclic) bond motifs is 1. The monoisotopic (exact) mass is 453 g/mol. The fourth-order valence-electron chi connectivity index (χ4n) is 2.79. The van der Waals surface area contributed by atoms with Crippen molar-refractivity contribution in [3.8, 4) is 11.6 Å². The summed E-state index contributed by atoms with van der Waals surface area (Å²) < 4.78 is 27.0. The summed E-state index contributed by atoms with van der Waals surface area (Å²) in [6.07, 6.45) is 1.43. The Morgan fingerprint density at radius 3 is 2.52 bits per heavy atom.